The average molecular weight is 340 g/mol. The van der Waals surface area contributed by atoms with Gasteiger partial charge in [-0.25, -0.2) is 4.98 Å². The summed E-state index contributed by atoms with van der Waals surface area (Å²) in [6, 6.07) is 9.61. The van der Waals surface area contributed by atoms with Crippen LogP contribution in [-0.2, 0) is 24.2 Å². The fraction of sp³-hybridized carbons (Fsp3) is 0.421. The maximum atomic E-state index is 12.7. The van der Waals surface area contributed by atoms with Crippen molar-refractivity contribution < 1.29 is 4.79 Å². The van der Waals surface area contributed by atoms with Crippen molar-refractivity contribution in [2.75, 3.05) is 13.1 Å². The summed E-state index contributed by atoms with van der Waals surface area (Å²) in [5.74, 6) is 0.637. The SMILES string of the molecule is CCN1Cc2ccccc2C[C@@H]1C(=O)NCCc1nc(C)cc(=O)[nH]1. The Morgan fingerprint density at radius 2 is 2.12 bits per heavy atom. The Morgan fingerprint density at radius 1 is 1.36 bits per heavy atom. The van der Waals surface area contributed by atoms with E-state index in [-0.39, 0.29) is 17.5 Å². The van der Waals surface area contributed by atoms with Crippen molar-refractivity contribution in [3.05, 3.63) is 63.3 Å². The molecule has 2 heterocycles. The van der Waals surface area contributed by atoms with Crippen LogP contribution in [0.4, 0.5) is 0 Å². The molecule has 0 saturated heterocycles. The number of benzene rings is 1. The van der Waals surface area contributed by atoms with Crippen molar-refractivity contribution in [2.45, 2.75) is 39.3 Å². The van der Waals surface area contributed by atoms with Crippen LogP contribution in [0.5, 0.6) is 0 Å². The van der Waals surface area contributed by atoms with E-state index in [0.29, 0.717) is 24.5 Å². The van der Waals surface area contributed by atoms with E-state index in [1.807, 2.05) is 12.1 Å². The van der Waals surface area contributed by atoms with Crippen LogP contribution >= 0.6 is 0 Å². The number of aryl methyl sites for hydroxylation is 1. The van der Waals surface area contributed by atoms with Gasteiger partial charge >= 0.3 is 0 Å². The molecule has 2 aromatic rings. The molecule has 6 heteroatoms. The highest BCUT2D eigenvalue weighted by Gasteiger charge is 2.30. The Labute approximate surface area is 147 Å². The molecule has 0 unspecified atom stereocenters. The second-order valence-corrected chi connectivity index (χ2v) is 6.43. The summed E-state index contributed by atoms with van der Waals surface area (Å²) in [7, 11) is 0. The van der Waals surface area contributed by atoms with Gasteiger partial charge in [0.2, 0.25) is 5.91 Å². The second-order valence-electron chi connectivity index (χ2n) is 6.43. The molecule has 2 N–H and O–H groups in total. The predicted molar refractivity (Wildman–Crippen MR) is 96.3 cm³/mol. The van der Waals surface area contributed by atoms with E-state index >= 15 is 0 Å². The predicted octanol–water partition coefficient (Wildman–Crippen LogP) is 1.18. The molecule has 0 saturated carbocycles. The van der Waals surface area contributed by atoms with Crippen molar-refractivity contribution in [3.63, 3.8) is 0 Å². The lowest BCUT2D eigenvalue weighted by molar-refractivity contribution is -0.126. The first-order chi connectivity index (χ1) is 12.1. The van der Waals surface area contributed by atoms with Gasteiger partial charge in [-0.05, 0) is 31.0 Å². The summed E-state index contributed by atoms with van der Waals surface area (Å²) >= 11 is 0. The average Bonchev–Trinajstić information content (AvgIpc) is 2.59. The maximum Gasteiger partial charge on any atom is 0.251 e. The van der Waals surface area contributed by atoms with E-state index in [2.05, 4.69) is 39.2 Å². The first-order valence-electron chi connectivity index (χ1n) is 8.72. The molecule has 1 aliphatic heterocycles. The van der Waals surface area contributed by atoms with E-state index in [4.69, 9.17) is 0 Å². The molecule has 0 spiro atoms. The summed E-state index contributed by atoms with van der Waals surface area (Å²) in [5, 5.41) is 2.99. The third kappa shape index (κ3) is 4.14. The Balaban J connectivity index is 1.61. The van der Waals surface area contributed by atoms with Gasteiger partial charge in [0.25, 0.3) is 5.56 Å². The molecule has 0 aliphatic carbocycles. The number of aromatic nitrogens is 2. The topological polar surface area (TPSA) is 78.1 Å². The lowest BCUT2D eigenvalue weighted by Crippen LogP contribution is -2.50. The normalized spacial score (nSPS) is 17.1. The third-order valence-electron chi connectivity index (χ3n) is 4.63. The molecule has 1 aromatic carbocycles. The number of carbonyl (C=O) groups is 1. The largest absolute Gasteiger partial charge is 0.354 e. The Bertz CT molecular complexity index is 815. The Hall–Kier alpha value is -2.47. The van der Waals surface area contributed by atoms with Crippen molar-refractivity contribution in [3.8, 4) is 0 Å². The summed E-state index contributed by atoms with van der Waals surface area (Å²) in [6.45, 7) is 5.96. The zero-order valence-electron chi connectivity index (χ0n) is 14.7. The Morgan fingerprint density at radius 3 is 2.84 bits per heavy atom. The monoisotopic (exact) mass is 340 g/mol. The smallest absolute Gasteiger partial charge is 0.251 e. The molecule has 0 bridgehead atoms. The molecule has 0 fully saturated rings. The number of H-pyrrole nitrogens is 1. The molecule has 6 nitrogen and oxygen atoms in total. The van der Waals surface area contributed by atoms with Crippen molar-refractivity contribution >= 4 is 5.91 Å². The van der Waals surface area contributed by atoms with Gasteiger partial charge in [0.1, 0.15) is 5.82 Å². The fourth-order valence-corrected chi connectivity index (χ4v) is 3.35. The summed E-state index contributed by atoms with van der Waals surface area (Å²) in [4.78, 5) is 33.3. The first-order valence-corrected chi connectivity index (χ1v) is 8.72. The molecule has 132 valence electrons. The van der Waals surface area contributed by atoms with Crippen LogP contribution in [0.15, 0.2) is 35.1 Å². The number of likely N-dealkylation sites (N-methyl/N-ethyl adjacent to an activating group) is 1. The number of rotatable bonds is 5. The lowest BCUT2D eigenvalue weighted by Gasteiger charge is -2.35. The minimum absolute atomic E-state index is 0.0337. The van der Waals surface area contributed by atoms with Crippen LogP contribution < -0.4 is 10.9 Å². The van der Waals surface area contributed by atoms with Crippen LogP contribution in [0.1, 0.15) is 29.6 Å². The summed E-state index contributed by atoms with van der Waals surface area (Å²) < 4.78 is 0. The molecule has 0 radical (unpaired) electrons. The highest BCUT2D eigenvalue weighted by molar-refractivity contribution is 5.82. The molecule has 1 aliphatic rings. The standard InChI is InChI=1S/C19H24N4O2/c1-3-23-12-15-7-5-4-6-14(15)11-16(23)19(25)20-9-8-17-21-13(2)10-18(24)22-17/h4-7,10,16H,3,8-9,11-12H2,1-2H3,(H,20,25)(H,21,22,24)/t16-/m1/s1. The molecule has 25 heavy (non-hydrogen) atoms. The van der Waals surface area contributed by atoms with Crippen LogP contribution in [-0.4, -0.2) is 39.9 Å². The van der Waals surface area contributed by atoms with Gasteiger partial charge in [-0.3, -0.25) is 14.5 Å². The molecule has 1 atom stereocenters. The van der Waals surface area contributed by atoms with Crippen LogP contribution in [0, 0.1) is 6.92 Å². The van der Waals surface area contributed by atoms with Crippen molar-refractivity contribution in [2.24, 2.45) is 0 Å². The minimum atomic E-state index is -0.158. The number of fused-ring (bicyclic) bond motifs is 1. The van der Waals surface area contributed by atoms with Crippen LogP contribution in [0.2, 0.25) is 0 Å². The number of amides is 1. The molecule has 1 amide bonds. The zero-order chi connectivity index (χ0) is 17.8. The summed E-state index contributed by atoms with van der Waals surface area (Å²) in [5.41, 5.74) is 3.08. The van der Waals surface area contributed by atoms with Gasteiger partial charge in [-0.2, -0.15) is 0 Å². The number of hydrogen-bond donors (Lipinski definition) is 2. The molecular weight excluding hydrogens is 316 g/mol. The molecular formula is C19H24N4O2. The van der Waals surface area contributed by atoms with Gasteiger partial charge in [0, 0.05) is 31.3 Å². The minimum Gasteiger partial charge on any atom is -0.354 e. The third-order valence-corrected chi connectivity index (χ3v) is 4.63. The molecule has 1 aromatic heterocycles. The van der Waals surface area contributed by atoms with Crippen LogP contribution in [0.3, 0.4) is 0 Å². The summed E-state index contributed by atoms with van der Waals surface area (Å²) in [6.07, 6.45) is 1.24. The quantitative estimate of drug-likeness (QED) is 0.857. The van der Waals surface area contributed by atoms with Crippen LogP contribution in [0.25, 0.3) is 0 Å². The number of aromatic amines is 1. The van der Waals surface area contributed by atoms with Crippen molar-refractivity contribution in [1.29, 1.82) is 0 Å². The maximum absolute atomic E-state index is 12.7. The van der Waals surface area contributed by atoms with Gasteiger partial charge < -0.3 is 10.3 Å². The number of nitrogens with one attached hydrogen (secondary N) is 2. The number of carbonyl (C=O) groups excluding carboxylic acids is 1. The van der Waals surface area contributed by atoms with E-state index in [1.54, 1.807) is 6.92 Å². The number of hydrogen-bond acceptors (Lipinski definition) is 4. The van der Waals surface area contributed by atoms with E-state index < -0.39 is 0 Å². The van der Waals surface area contributed by atoms with Gasteiger partial charge in [-0.15, -0.1) is 0 Å². The van der Waals surface area contributed by atoms with Gasteiger partial charge in [0.15, 0.2) is 0 Å². The van der Waals surface area contributed by atoms with Crippen molar-refractivity contribution in [1.82, 2.24) is 20.2 Å². The van der Waals surface area contributed by atoms with Gasteiger partial charge in [0.05, 0.1) is 6.04 Å². The molecule has 3 rings (SSSR count). The fourth-order valence-electron chi connectivity index (χ4n) is 3.35. The zero-order valence-corrected chi connectivity index (χ0v) is 14.7. The first kappa shape index (κ1) is 17.4. The van der Waals surface area contributed by atoms with E-state index in [9.17, 15) is 9.59 Å². The van der Waals surface area contributed by atoms with Gasteiger partial charge in [-0.1, -0.05) is 31.2 Å². The number of nitrogens with zero attached hydrogens (tertiary/aromatic N) is 2. The van der Waals surface area contributed by atoms with E-state index in [0.717, 1.165) is 19.5 Å². The van der Waals surface area contributed by atoms with E-state index in [1.165, 1.54) is 17.2 Å². The lowest BCUT2D eigenvalue weighted by atomic mass is 9.93. The second kappa shape index (κ2) is 7.61. The Kier molecular flexibility index (Phi) is 5.28. The highest BCUT2D eigenvalue weighted by Crippen LogP contribution is 2.23. The highest BCUT2D eigenvalue weighted by atomic mass is 16.2.